The Labute approximate surface area is 147 Å². The van der Waals surface area contributed by atoms with Gasteiger partial charge in [-0.1, -0.05) is 20.8 Å². The lowest BCUT2D eigenvalue weighted by molar-refractivity contribution is -0.139. The van der Waals surface area contributed by atoms with Gasteiger partial charge in [0.1, 0.15) is 0 Å². The largest absolute Gasteiger partial charge is 0.393 e. The molecule has 9 atom stereocenters. The van der Waals surface area contributed by atoms with Crippen LogP contribution in [-0.4, -0.2) is 16.6 Å². The molecule has 0 aromatic rings. The van der Waals surface area contributed by atoms with Crippen molar-refractivity contribution in [2.45, 2.75) is 90.0 Å². The molecule has 0 spiro atoms. The van der Waals surface area contributed by atoms with Gasteiger partial charge in [0.05, 0.1) is 6.10 Å². The van der Waals surface area contributed by atoms with Gasteiger partial charge < -0.3 is 5.11 Å². The molecule has 4 fully saturated rings. The predicted octanol–water partition coefficient (Wildman–Crippen LogP) is 5.63. The third kappa shape index (κ3) is 2.35. The molecule has 1 N–H and O–H groups in total. The van der Waals surface area contributed by atoms with Crippen molar-refractivity contribution in [3.8, 4) is 0 Å². The van der Waals surface area contributed by atoms with Crippen LogP contribution in [0.2, 0.25) is 0 Å². The minimum Gasteiger partial charge on any atom is -0.393 e. The summed E-state index contributed by atoms with van der Waals surface area (Å²) in [5.41, 5.74) is 0.867. The number of fused-ring (bicyclic) bond motifs is 5. The van der Waals surface area contributed by atoms with E-state index in [1.165, 1.54) is 44.9 Å². The number of hydrogen-bond donors (Lipinski definition) is 1. The Morgan fingerprint density at radius 3 is 2.35 bits per heavy atom. The van der Waals surface area contributed by atoms with Crippen LogP contribution in [0.4, 0.5) is 0 Å². The number of rotatable bonds is 0. The van der Waals surface area contributed by atoms with Crippen molar-refractivity contribution in [2.75, 3.05) is 0 Å². The summed E-state index contributed by atoms with van der Waals surface area (Å²) in [7, 11) is 0. The van der Waals surface area contributed by atoms with Gasteiger partial charge in [-0.3, -0.25) is 0 Å². The molecular formula is C21H35ClO. The van der Waals surface area contributed by atoms with E-state index in [2.05, 4.69) is 20.8 Å². The molecule has 0 aromatic heterocycles. The van der Waals surface area contributed by atoms with Crippen LogP contribution in [0.25, 0.3) is 0 Å². The quantitative estimate of drug-likeness (QED) is 0.567. The number of halogens is 1. The fourth-order valence-corrected chi connectivity index (χ4v) is 8.11. The Kier molecular flexibility index (Phi) is 4.09. The van der Waals surface area contributed by atoms with Crippen LogP contribution in [0.3, 0.4) is 0 Å². The number of hydrogen-bond acceptors (Lipinski definition) is 1. The third-order valence-corrected chi connectivity index (χ3v) is 10.1. The lowest BCUT2D eigenvalue weighted by Crippen LogP contribution is -2.57. The Bertz CT molecular complexity index is 465. The van der Waals surface area contributed by atoms with Crippen LogP contribution in [0.5, 0.6) is 0 Å². The van der Waals surface area contributed by atoms with Crippen LogP contribution in [0.15, 0.2) is 0 Å². The first kappa shape index (κ1) is 16.7. The van der Waals surface area contributed by atoms with Crippen LogP contribution in [0.1, 0.15) is 78.6 Å². The van der Waals surface area contributed by atoms with Gasteiger partial charge in [-0.05, 0) is 98.2 Å². The minimum absolute atomic E-state index is 0.0266. The van der Waals surface area contributed by atoms with Gasteiger partial charge in [-0.15, -0.1) is 11.6 Å². The van der Waals surface area contributed by atoms with E-state index in [9.17, 15) is 5.11 Å². The molecule has 0 saturated heterocycles. The highest BCUT2D eigenvalue weighted by Crippen LogP contribution is 2.66. The molecule has 0 bridgehead atoms. The van der Waals surface area contributed by atoms with Crippen molar-refractivity contribution in [1.82, 2.24) is 0 Å². The second-order valence-corrected chi connectivity index (χ2v) is 10.6. The maximum absolute atomic E-state index is 10.1. The molecule has 0 unspecified atom stereocenters. The number of aliphatic hydroxyl groups is 1. The smallest absolute Gasteiger partial charge is 0.0543 e. The molecule has 2 heteroatoms. The fraction of sp³-hybridized carbons (Fsp3) is 1.00. The first-order valence-electron chi connectivity index (χ1n) is 10.2. The summed E-state index contributed by atoms with van der Waals surface area (Å²) >= 11 is 6.97. The standard InChI is InChI=1S/C21H35ClO/c1-13-4-7-17-16-6-5-14-12-15(23)8-10-20(14,2)18(16)9-11-21(17,3)19(13)22/h13-19,23H,4-12H2,1-3H3/t13-,14-,15-,16+,17+,18+,19+,20+,21+/m1/s1. The molecular weight excluding hydrogens is 304 g/mol. The first-order valence-corrected chi connectivity index (χ1v) is 10.6. The van der Waals surface area contributed by atoms with Crippen molar-refractivity contribution >= 4 is 11.6 Å². The zero-order valence-corrected chi connectivity index (χ0v) is 16.0. The Hall–Kier alpha value is 0.250. The lowest BCUT2D eigenvalue weighted by atomic mass is 9.42. The van der Waals surface area contributed by atoms with Crippen molar-refractivity contribution in [3.05, 3.63) is 0 Å². The summed E-state index contributed by atoms with van der Waals surface area (Å²) in [6.45, 7) is 7.46. The fourth-order valence-electron chi connectivity index (χ4n) is 7.71. The zero-order valence-electron chi connectivity index (χ0n) is 15.2. The second-order valence-electron chi connectivity index (χ2n) is 10.1. The lowest BCUT2D eigenvalue weighted by Gasteiger charge is -2.63. The minimum atomic E-state index is -0.0266. The average molecular weight is 339 g/mol. The molecule has 4 rings (SSSR count). The molecule has 23 heavy (non-hydrogen) atoms. The second kappa shape index (κ2) is 5.63. The Morgan fingerprint density at radius 2 is 1.57 bits per heavy atom. The van der Waals surface area contributed by atoms with E-state index in [-0.39, 0.29) is 6.10 Å². The van der Waals surface area contributed by atoms with E-state index < -0.39 is 0 Å². The van der Waals surface area contributed by atoms with E-state index in [0.717, 1.165) is 36.5 Å². The third-order valence-electron chi connectivity index (χ3n) is 9.14. The molecule has 0 aliphatic heterocycles. The number of aliphatic hydroxyl groups excluding tert-OH is 1. The summed E-state index contributed by atoms with van der Waals surface area (Å²) in [6, 6.07) is 0. The molecule has 1 nitrogen and oxygen atoms in total. The topological polar surface area (TPSA) is 20.2 Å². The SMILES string of the molecule is C[C@@H]1CC[C@H]2[C@@H]3CC[C@@H]4C[C@H](O)CC[C@]4(C)[C@H]3CC[C@]2(C)[C@H]1Cl. The molecule has 4 saturated carbocycles. The summed E-state index contributed by atoms with van der Waals surface area (Å²) in [5.74, 6) is 4.10. The molecule has 0 amide bonds. The maximum Gasteiger partial charge on any atom is 0.0543 e. The van der Waals surface area contributed by atoms with Crippen LogP contribution in [0, 0.1) is 40.4 Å². The van der Waals surface area contributed by atoms with Gasteiger partial charge in [0.25, 0.3) is 0 Å². The van der Waals surface area contributed by atoms with E-state index in [1.54, 1.807) is 0 Å². The van der Waals surface area contributed by atoms with E-state index in [0.29, 0.717) is 22.1 Å². The van der Waals surface area contributed by atoms with Crippen molar-refractivity contribution in [1.29, 1.82) is 0 Å². The van der Waals surface area contributed by atoms with Crippen molar-refractivity contribution in [3.63, 3.8) is 0 Å². The highest BCUT2D eigenvalue weighted by molar-refractivity contribution is 6.21. The summed E-state index contributed by atoms with van der Waals surface area (Å²) in [6.07, 6.45) is 11.5. The predicted molar refractivity (Wildman–Crippen MR) is 96.5 cm³/mol. The number of alkyl halides is 1. The summed E-state index contributed by atoms with van der Waals surface area (Å²) in [5, 5.41) is 10.5. The van der Waals surface area contributed by atoms with Gasteiger partial charge in [0.2, 0.25) is 0 Å². The van der Waals surface area contributed by atoms with Crippen molar-refractivity contribution in [2.24, 2.45) is 40.4 Å². The van der Waals surface area contributed by atoms with Crippen molar-refractivity contribution < 1.29 is 5.11 Å². The highest BCUT2D eigenvalue weighted by atomic mass is 35.5. The normalized spacial score (nSPS) is 59.6. The van der Waals surface area contributed by atoms with Gasteiger partial charge >= 0.3 is 0 Å². The van der Waals surface area contributed by atoms with Crippen LogP contribution < -0.4 is 0 Å². The van der Waals surface area contributed by atoms with E-state index in [4.69, 9.17) is 11.6 Å². The zero-order chi connectivity index (χ0) is 16.4. The molecule has 0 heterocycles. The molecule has 0 aromatic carbocycles. The summed E-state index contributed by atoms with van der Waals surface area (Å²) in [4.78, 5) is 0. The maximum atomic E-state index is 10.1. The van der Waals surface area contributed by atoms with Gasteiger partial charge in [-0.25, -0.2) is 0 Å². The first-order chi connectivity index (χ1) is 10.9. The monoisotopic (exact) mass is 338 g/mol. The van der Waals surface area contributed by atoms with E-state index >= 15 is 0 Å². The average Bonchev–Trinajstić information content (AvgIpc) is 2.52. The summed E-state index contributed by atoms with van der Waals surface area (Å²) < 4.78 is 0. The highest BCUT2D eigenvalue weighted by Gasteiger charge is 2.59. The van der Waals surface area contributed by atoms with E-state index in [1.807, 2.05) is 0 Å². The molecule has 132 valence electrons. The molecule has 4 aliphatic carbocycles. The van der Waals surface area contributed by atoms with Gasteiger partial charge in [0.15, 0.2) is 0 Å². The van der Waals surface area contributed by atoms with Gasteiger partial charge in [-0.2, -0.15) is 0 Å². The Morgan fingerprint density at radius 1 is 0.870 bits per heavy atom. The van der Waals surface area contributed by atoms with Crippen LogP contribution in [-0.2, 0) is 0 Å². The van der Waals surface area contributed by atoms with Crippen LogP contribution >= 0.6 is 11.6 Å². The van der Waals surface area contributed by atoms with Gasteiger partial charge in [0, 0.05) is 5.38 Å². The Balaban J connectivity index is 1.62. The molecule has 0 radical (unpaired) electrons. The molecule has 4 aliphatic rings.